The van der Waals surface area contributed by atoms with Crippen molar-refractivity contribution in [2.45, 2.75) is 25.3 Å². The van der Waals surface area contributed by atoms with Crippen molar-refractivity contribution in [2.75, 3.05) is 41.4 Å². The quantitative estimate of drug-likeness (QED) is 0.656. The number of fused-ring (bicyclic) bond motifs is 1. The van der Waals surface area contributed by atoms with E-state index in [1.807, 2.05) is 24.1 Å². The Bertz CT molecular complexity index is 1050. The van der Waals surface area contributed by atoms with Gasteiger partial charge < -0.3 is 14.7 Å². The van der Waals surface area contributed by atoms with Gasteiger partial charge in [0.1, 0.15) is 18.0 Å². The van der Waals surface area contributed by atoms with Gasteiger partial charge in [-0.1, -0.05) is 30.3 Å². The van der Waals surface area contributed by atoms with Crippen molar-refractivity contribution in [2.24, 2.45) is 0 Å². The second-order valence-corrected chi connectivity index (χ2v) is 8.22. The summed E-state index contributed by atoms with van der Waals surface area (Å²) < 4.78 is 0. The Hall–Kier alpha value is -3.48. The van der Waals surface area contributed by atoms with Crippen LogP contribution in [0.3, 0.4) is 0 Å². The molecule has 0 aliphatic carbocycles. The third kappa shape index (κ3) is 3.83. The van der Waals surface area contributed by atoms with Crippen molar-refractivity contribution < 1.29 is 4.79 Å². The standard InChI is InChI=1S/C24H26N6O/c1-28-16-22(31)30(20-8-5-11-25-14-20)15-21-23(28)26-17-27-24(21)29-12-9-19(10-13-29)18-6-3-2-4-7-18/h2-8,11,14,17,19H,9-10,12-13,15-16H2,1H3. The number of hydrogen-bond donors (Lipinski definition) is 0. The first-order valence-corrected chi connectivity index (χ1v) is 10.8. The maximum atomic E-state index is 13.0. The van der Waals surface area contributed by atoms with Gasteiger partial charge in [0, 0.05) is 26.3 Å². The summed E-state index contributed by atoms with van der Waals surface area (Å²) in [5.74, 6) is 2.37. The number of amides is 1. The largest absolute Gasteiger partial charge is 0.356 e. The van der Waals surface area contributed by atoms with E-state index in [1.54, 1.807) is 23.6 Å². The smallest absolute Gasteiger partial charge is 0.246 e. The number of nitrogens with zero attached hydrogens (tertiary/aromatic N) is 6. The van der Waals surface area contributed by atoms with E-state index in [0.29, 0.717) is 12.5 Å². The average molecular weight is 415 g/mol. The molecule has 3 aromatic rings. The first kappa shape index (κ1) is 19.5. The molecule has 7 nitrogen and oxygen atoms in total. The third-order valence-corrected chi connectivity index (χ3v) is 6.27. The van der Waals surface area contributed by atoms with Gasteiger partial charge in [0.15, 0.2) is 0 Å². The van der Waals surface area contributed by atoms with E-state index in [-0.39, 0.29) is 12.5 Å². The van der Waals surface area contributed by atoms with E-state index in [0.717, 1.165) is 48.8 Å². The van der Waals surface area contributed by atoms with Crippen molar-refractivity contribution in [1.82, 2.24) is 15.0 Å². The number of benzene rings is 1. The van der Waals surface area contributed by atoms with Gasteiger partial charge in [-0.3, -0.25) is 9.78 Å². The minimum Gasteiger partial charge on any atom is -0.356 e. The highest BCUT2D eigenvalue weighted by molar-refractivity contribution is 5.97. The maximum Gasteiger partial charge on any atom is 0.246 e. The van der Waals surface area contributed by atoms with Crippen LogP contribution in [-0.2, 0) is 11.3 Å². The lowest BCUT2D eigenvalue weighted by Gasteiger charge is -2.34. The number of aromatic nitrogens is 3. The van der Waals surface area contributed by atoms with E-state index in [2.05, 4.69) is 50.2 Å². The van der Waals surface area contributed by atoms with Gasteiger partial charge in [-0.25, -0.2) is 9.97 Å². The summed E-state index contributed by atoms with van der Waals surface area (Å²) in [5.41, 5.74) is 3.21. The molecular weight excluding hydrogens is 388 g/mol. The van der Waals surface area contributed by atoms with Gasteiger partial charge in [0.2, 0.25) is 5.91 Å². The van der Waals surface area contributed by atoms with Crippen LogP contribution in [0.4, 0.5) is 17.3 Å². The summed E-state index contributed by atoms with van der Waals surface area (Å²) in [7, 11) is 1.92. The summed E-state index contributed by atoms with van der Waals surface area (Å²) in [4.78, 5) is 32.5. The van der Waals surface area contributed by atoms with Crippen molar-refractivity contribution >= 4 is 23.2 Å². The van der Waals surface area contributed by atoms with Crippen molar-refractivity contribution in [3.63, 3.8) is 0 Å². The fourth-order valence-electron chi connectivity index (χ4n) is 4.64. The normalized spacial score (nSPS) is 17.5. The Balaban J connectivity index is 1.43. The molecule has 2 aliphatic heterocycles. The molecule has 0 spiro atoms. The topological polar surface area (TPSA) is 65.5 Å². The molecule has 0 bridgehead atoms. The highest BCUT2D eigenvalue weighted by atomic mass is 16.2. The average Bonchev–Trinajstić information content (AvgIpc) is 2.96. The van der Waals surface area contributed by atoms with Crippen molar-refractivity contribution in [3.05, 3.63) is 72.3 Å². The molecule has 1 fully saturated rings. The number of carbonyl (C=O) groups excluding carboxylic acids is 1. The minimum atomic E-state index is 0.0298. The molecule has 0 unspecified atom stereocenters. The van der Waals surface area contributed by atoms with Crippen LogP contribution < -0.4 is 14.7 Å². The van der Waals surface area contributed by atoms with Crippen molar-refractivity contribution in [1.29, 1.82) is 0 Å². The number of anilines is 3. The summed E-state index contributed by atoms with van der Waals surface area (Å²) in [6.07, 6.45) is 7.25. The fourth-order valence-corrected chi connectivity index (χ4v) is 4.64. The fraction of sp³-hybridized carbons (Fsp3) is 0.333. The van der Waals surface area contributed by atoms with E-state index in [9.17, 15) is 4.79 Å². The SMILES string of the molecule is CN1CC(=O)N(c2cccnc2)Cc2c1ncnc2N1CCC(c2ccccc2)CC1. The van der Waals surface area contributed by atoms with Crippen LogP contribution in [0.1, 0.15) is 29.9 Å². The molecule has 0 saturated carbocycles. The van der Waals surface area contributed by atoms with Gasteiger partial charge in [-0.05, 0) is 36.5 Å². The van der Waals surface area contributed by atoms with Gasteiger partial charge >= 0.3 is 0 Å². The molecule has 5 rings (SSSR count). The van der Waals surface area contributed by atoms with Gasteiger partial charge in [0.05, 0.1) is 30.5 Å². The highest BCUT2D eigenvalue weighted by Gasteiger charge is 2.31. The number of piperidine rings is 1. The third-order valence-electron chi connectivity index (χ3n) is 6.27. The molecule has 0 atom stereocenters. The van der Waals surface area contributed by atoms with Crippen LogP contribution in [0.2, 0.25) is 0 Å². The highest BCUT2D eigenvalue weighted by Crippen LogP contribution is 2.35. The van der Waals surface area contributed by atoms with E-state index < -0.39 is 0 Å². The Morgan fingerprint density at radius 3 is 2.45 bits per heavy atom. The zero-order valence-electron chi connectivity index (χ0n) is 17.7. The van der Waals surface area contributed by atoms with Crippen LogP contribution in [-0.4, -0.2) is 47.5 Å². The Labute approximate surface area is 182 Å². The van der Waals surface area contributed by atoms with Crippen LogP contribution in [0.25, 0.3) is 0 Å². The number of likely N-dealkylation sites (N-methyl/N-ethyl adjacent to an activating group) is 1. The predicted octanol–water partition coefficient (Wildman–Crippen LogP) is 3.24. The van der Waals surface area contributed by atoms with E-state index in [1.165, 1.54) is 5.56 Å². The van der Waals surface area contributed by atoms with Crippen LogP contribution in [0.15, 0.2) is 61.2 Å². The van der Waals surface area contributed by atoms with Crippen LogP contribution in [0.5, 0.6) is 0 Å². The number of hydrogen-bond acceptors (Lipinski definition) is 6. The van der Waals surface area contributed by atoms with Gasteiger partial charge in [0.25, 0.3) is 0 Å². The number of rotatable bonds is 3. The first-order valence-electron chi connectivity index (χ1n) is 10.8. The molecule has 7 heteroatoms. The lowest BCUT2D eigenvalue weighted by molar-refractivity contribution is -0.117. The Morgan fingerprint density at radius 1 is 0.935 bits per heavy atom. The zero-order chi connectivity index (χ0) is 21.2. The Kier molecular flexibility index (Phi) is 5.24. The zero-order valence-corrected chi connectivity index (χ0v) is 17.7. The monoisotopic (exact) mass is 414 g/mol. The van der Waals surface area contributed by atoms with Crippen LogP contribution in [0, 0.1) is 0 Å². The second kappa shape index (κ2) is 8.34. The number of pyridine rings is 1. The minimum absolute atomic E-state index is 0.0298. The molecular formula is C24H26N6O. The summed E-state index contributed by atoms with van der Waals surface area (Å²) in [5, 5.41) is 0. The molecule has 4 heterocycles. The van der Waals surface area contributed by atoms with E-state index >= 15 is 0 Å². The molecule has 31 heavy (non-hydrogen) atoms. The molecule has 2 aliphatic rings. The molecule has 0 radical (unpaired) electrons. The van der Waals surface area contributed by atoms with Crippen molar-refractivity contribution in [3.8, 4) is 0 Å². The van der Waals surface area contributed by atoms with E-state index in [4.69, 9.17) is 0 Å². The van der Waals surface area contributed by atoms with Gasteiger partial charge in [-0.15, -0.1) is 0 Å². The predicted molar refractivity (Wildman–Crippen MR) is 121 cm³/mol. The van der Waals surface area contributed by atoms with Gasteiger partial charge in [-0.2, -0.15) is 0 Å². The number of carbonyl (C=O) groups is 1. The maximum absolute atomic E-state index is 13.0. The first-order chi connectivity index (χ1) is 15.2. The molecule has 1 saturated heterocycles. The molecule has 2 aromatic heterocycles. The lowest BCUT2D eigenvalue weighted by Crippen LogP contribution is -2.36. The lowest BCUT2D eigenvalue weighted by atomic mass is 9.89. The molecule has 158 valence electrons. The summed E-state index contributed by atoms with van der Waals surface area (Å²) >= 11 is 0. The summed E-state index contributed by atoms with van der Waals surface area (Å²) in [6, 6.07) is 14.5. The van der Waals surface area contributed by atoms with Crippen LogP contribution >= 0.6 is 0 Å². The molecule has 1 aromatic carbocycles. The Morgan fingerprint density at radius 2 is 1.71 bits per heavy atom. The molecule has 0 N–H and O–H groups in total. The summed E-state index contributed by atoms with van der Waals surface area (Å²) in [6.45, 7) is 2.59. The second-order valence-electron chi connectivity index (χ2n) is 8.22. The molecule has 1 amide bonds.